The Morgan fingerprint density at radius 2 is 2.21 bits per heavy atom. The summed E-state index contributed by atoms with van der Waals surface area (Å²) >= 11 is 11.7. The van der Waals surface area contributed by atoms with Gasteiger partial charge in [0.25, 0.3) is 5.91 Å². The molecule has 4 nitrogen and oxygen atoms in total. The smallest absolute Gasteiger partial charge is 0.260 e. The maximum Gasteiger partial charge on any atom is 0.260 e. The van der Waals surface area contributed by atoms with Crippen molar-refractivity contribution >= 4 is 29.1 Å². The summed E-state index contributed by atoms with van der Waals surface area (Å²) in [5, 5.41) is 3.00. The molecule has 0 spiro atoms. The molecule has 1 amide bonds. The summed E-state index contributed by atoms with van der Waals surface area (Å²) < 4.78 is 10.4. The Labute approximate surface area is 123 Å². The molecule has 2 atom stereocenters. The Morgan fingerprint density at radius 1 is 1.47 bits per heavy atom. The summed E-state index contributed by atoms with van der Waals surface area (Å²) in [5.74, 6) is 0.316. The third-order valence-corrected chi connectivity index (χ3v) is 2.84. The highest BCUT2D eigenvalue weighted by Crippen LogP contribution is 2.18. The molecule has 19 heavy (non-hydrogen) atoms. The number of rotatable bonds is 7. The molecule has 1 N–H and O–H groups in total. The molecule has 1 rings (SSSR count). The molecule has 1 aromatic rings. The van der Waals surface area contributed by atoms with Crippen molar-refractivity contribution in [2.45, 2.75) is 18.4 Å². The molecule has 6 heteroatoms. The van der Waals surface area contributed by atoms with E-state index in [0.717, 1.165) is 0 Å². The molecule has 106 valence electrons. The van der Waals surface area contributed by atoms with Crippen LogP contribution in [0, 0.1) is 0 Å². The van der Waals surface area contributed by atoms with E-state index in [0.29, 0.717) is 23.9 Å². The predicted molar refractivity (Wildman–Crippen MR) is 76.1 cm³/mol. The first-order valence-corrected chi connectivity index (χ1v) is 6.67. The van der Waals surface area contributed by atoms with Gasteiger partial charge in [0.05, 0.1) is 12.0 Å². The van der Waals surface area contributed by atoms with E-state index < -0.39 is 6.10 Å². The fourth-order valence-electron chi connectivity index (χ4n) is 1.39. The monoisotopic (exact) mass is 305 g/mol. The molecule has 1 aromatic carbocycles. The number of halogens is 2. The molecule has 0 saturated heterocycles. The topological polar surface area (TPSA) is 47.6 Å². The number of nitrogens with one attached hydrogen (secondary N) is 1. The number of carbonyl (C=O) groups is 1. The molecule has 0 aliphatic heterocycles. The largest absolute Gasteiger partial charge is 0.481 e. The van der Waals surface area contributed by atoms with Gasteiger partial charge >= 0.3 is 0 Å². The minimum atomic E-state index is -0.620. The molecule has 2 unspecified atom stereocenters. The average Bonchev–Trinajstić information content (AvgIpc) is 2.36. The van der Waals surface area contributed by atoms with Crippen molar-refractivity contribution in [3.8, 4) is 5.75 Å². The summed E-state index contributed by atoms with van der Waals surface area (Å²) in [5.41, 5.74) is 0. The van der Waals surface area contributed by atoms with Crippen molar-refractivity contribution in [3.05, 3.63) is 29.3 Å². The minimum Gasteiger partial charge on any atom is -0.481 e. The van der Waals surface area contributed by atoms with E-state index >= 15 is 0 Å². The zero-order valence-corrected chi connectivity index (χ0v) is 12.4. The second-order valence-corrected chi connectivity index (χ2v) is 5.07. The molecule has 0 aliphatic rings. The van der Waals surface area contributed by atoms with Gasteiger partial charge in [0, 0.05) is 18.7 Å². The SMILES string of the molecule is COCC(Cl)CNC(=O)C(C)Oc1cccc(Cl)c1. The van der Waals surface area contributed by atoms with Gasteiger partial charge in [-0.1, -0.05) is 17.7 Å². The van der Waals surface area contributed by atoms with Gasteiger partial charge < -0.3 is 14.8 Å². The quantitative estimate of drug-likeness (QED) is 0.787. The third kappa shape index (κ3) is 6.14. The summed E-state index contributed by atoms with van der Waals surface area (Å²) in [7, 11) is 1.56. The van der Waals surface area contributed by atoms with Crippen LogP contribution >= 0.6 is 23.2 Å². The van der Waals surface area contributed by atoms with Crippen LogP contribution in [-0.4, -0.2) is 37.6 Å². The van der Waals surface area contributed by atoms with Crippen LogP contribution in [0.2, 0.25) is 5.02 Å². The van der Waals surface area contributed by atoms with Crippen LogP contribution in [0.1, 0.15) is 6.92 Å². The lowest BCUT2D eigenvalue weighted by molar-refractivity contribution is -0.127. The highest BCUT2D eigenvalue weighted by molar-refractivity contribution is 6.30. The van der Waals surface area contributed by atoms with Crippen molar-refractivity contribution in [2.24, 2.45) is 0 Å². The molecule has 0 radical (unpaired) electrons. The average molecular weight is 306 g/mol. The molecule has 0 aliphatic carbocycles. The van der Waals surface area contributed by atoms with Crippen molar-refractivity contribution in [1.82, 2.24) is 5.32 Å². The van der Waals surface area contributed by atoms with E-state index in [1.165, 1.54) is 0 Å². The minimum absolute atomic E-state index is 0.235. The van der Waals surface area contributed by atoms with Crippen LogP contribution in [0.5, 0.6) is 5.75 Å². The van der Waals surface area contributed by atoms with Crippen molar-refractivity contribution in [1.29, 1.82) is 0 Å². The first kappa shape index (κ1) is 16.1. The van der Waals surface area contributed by atoms with Gasteiger partial charge in [-0.05, 0) is 25.1 Å². The van der Waals surface area contributed by atoms with E-state index in [2.05, 4.69) is 5.32 Å². The van der Waals surface area contributed by atoms with Crippen LogP contribution in [0.4, 0.5) is 0 Å². The van der Waals surface area contributed by atoms with Crippen LogP contribution in [0.25, 0.3) is 0 Å². The van der Waals surface area contributed by atoms with E-state index in [1.807, 2.05) is 0 Å². The number of hydrogen-bond acceptors (Lipinski definition) is 3. The lowest BCUT2D eigenvalue weighted by Crippen LogP contribution is -2.40. The molecule has 0 bridgehead atoms. The number of amides is 1. The Hall–Kier alpha value is -0.970. The van der Waals surface area contributed by atoms with Gasteiger partial charge in [0.2, 0.25) is 0 Å². The number of methoxy groups -OCH3 is 1. The Bertz CT molecular complexity index is 415. The second kappa shape index (κ2) is 8.25. The first-order valence-electron chi connectivity index (χ1n) is 5.86. The van der Waals surface area contributed by atoms with Gasteiger partial charge in [0.1, 0.15) is 5.75 Å². The third-order valence-electron chi connectivity index (χ3n) is 2.32. The van der Waals surface area contributed by atoms with E-state index in [1.54, 1.807) is 38.3 Å². The fraction of sp³-hybridized carbons (Fsp3) is 0.462. The molecular formula is C13H17Cl2NO3. The highest BCUT2D eigenvalue weighted by Gasteiger charge is 2.15. The number of alkyl halides is 1. The van der Waals surface area contributed by atoms with Crippen molar-refractivity contribution in [2.75, 3.05) is 20.3 Å². The second-order valence-electron chi connectivity index (χ2n) is 4.02. The zero-order chi connectivity index (χ0) is 14.3. The number of hydrogen-bond donors (Lipinski definition) is 1. The van der Waals surface area contributed by atoms with Gasteiger partial charge in [0.15, 0.2) is 6.10 Å². The van der Waals surface area contributed by atoms with Crippen LogP contribution < -0.4 is 10.1 Å². The van der Waals surface area contributed by atoms with E-state index in [-0.39, 0.29) is 11.3 Å². The van der Waals surface area contributed by atoms with Crippen LogP contribution in [0.3, 0.4) is 0 Å². The maximum absolute atomic E-state index is 11.8. The molecular weight excluding hydrogens is 289 g/mol. The number of benzene rings is 1. The number of ether oxygens (including phenoxy) is 2. The Balaban J connectivity index is 2.40. The summed E-state index contributed by atoms with van der Waals surface area (Å²) in [4.78, 5) is 11.8. The lowest BCUT2D eigenvalue weighted by Gasteiger charge is -2.16. The molecule has 0 heterocycles. The number of carbonyl (C=O) groups excluding carboxylic acids is 1. The van der Waals surface area contributed by atoms with E-state index in [4.69, 9.17) is 32.7 Å². The first-order chi connectivity index (χ1) is 9.02. The molecule has 0 fully saturated rings. The molecule has 0 saturated carbocycles. The van der Waals surface area contributed by atoms with Gasteiger partial charge in [-0.3, -0.25) is 4.79 Å². The Morgan fingerprint density at radius 3 is 2.84 bits per heavy atom. The van der Waals surface area contributed by atoms with Crippen LogP contribution in [-0.2, 0) is 9.53 Å². The standard InChI is InChI=1S/C13H17Cl2NO3/c1-9(13(17)16-7-11(15)8-18-2)19-12-5-3-4-10(14)6-12/h3-6,9,11H,7-8H2,1-2H3,(H,16,17). The van der Waals surface area contributed by atoms with Gasteiger partial charge in [-0.2, -0.15) is 0 Å². The summed E-state index contributed by atoms with van der Waals surface area (Å²) in [6, 6.07) is 6.89. The van der Waals surface area contributed by atoms with Crippen molar-refractivity contribution < 1.29 is 14.3 Å². The zero-order valence-electron chi connectivity index (χ0n) is 10.9. The van der Waals surface area contributed by atoms with Crippen molar-refractivity contribution in [3.63, 3.8) is 0 Å². The van der Waals surface area contributed by atoms with Gasteiger partial charge in [-0.25, -0.2) is 0 Å². The van der Waals surface area contributed by atoms with Crippen LogP contribution in [0.15, 0.2) is 24.3 Å². The predicted octanol–water partition coefficient (Wildman–Crippen LogP) is 2.48. The lowest BCUT2D eigenvalue weighted by atomic mass is 10.3. The van der Waals surface area contributed by atoms with E-state index in [9.17, 15) is 4.79 Å². The highest BCUT2D eigenvalue weighted by atomic mass is 35.5. The summed E-state index contributed by atoms with van der Waals surface area (Å²) in [6.07, 6.45) is -0.620. The normalized spacial score (nSPS) is 13.7. The maximum atomic E-state index is 11.8. The Kier molecular flexibility index (Phi) is 6.99. The fourth-order valence-corrected chi connectivity index (χ4v) is 1.78. The van der Waals surface area contributed by atoms with Gasteiger partial charge in [-0.15, -0.1) is 11.6 Å². The molecule has 0 aromatic heterocycles. The summed E-state index contributed by atoms with van der Waals surface area (Å²) in [6.45, 7) is 2.37.